The SMILES string of the molecule is CC1=CC(C)=C(CCC(=O)c2c(C)n(C(C)c3ccccc3)c3c(=O)n(C)ccc23)C(=O)C1.CC1=CC(C)=C(CN)C(=O)C1.Cc1c(C(=O)O)c2ccn(C)c(=O)c2n1C(C)c1ccccc1. The summed E-state index contributed by atoms with van der Waals surface area (Å²) in [6.45, 7) is 15.8. The van der Waals surface area contributed by atoms with E-state index in [1.54, 1.807) is 44.0 Å². The number of carbonyl (C=O) groups excluding carboxylic acids is 3. The molecule has 0 saturated carbocycles. The van der Waals surface area contributed by atoms with E-state index < -0.39 is 5.97 Å². The Bertz CT molecular complexity index is 3190. The van der Waals surface area contributed by atoms with E-state index in [2.05, 4.69) is 0 Å². The lowest BCUT2D eigenvalue weighted by Gasteiger charge is -2.18. The number of carbonyl (C=O) groups is 4. The standard InChI is InChI=1S/C28H30N2O3.C18H18N2O3.C9H13NO/c1-17-15-18(2)22(25(32)16-17)11-12-24(31)26-20(4)30(19(3)21-9-7-6-8-10-21)27-23(26)13-14-29(5)28(27)33;1-11(13-7-5-4-6-8-13)20-12(2)15(18(22)23)14-9-10-19(3)17(21)16(14)20;1-6-3-7(2)8(5-10)9(11)4-6/h6-10,13-15,19H,11-12,16H2,1-5H3;4-11H,1-3H3,(H,22,23);3H,4-5,10H2,1-2H3. The molecule has 0 bridgehead atoms. The number of Topliss-reactive ketones (excluding diaryl/α,β-unsaturated/α-hetero) is 3. The van der Waals surface area contributed by atoms with Crippen molar-refractivity contribution in [1.82, 2.24) is 18.3 Å². The molecule has 0 saturated heterocycles. The maximum absolute atomic E-state index is 13.5. The smallest absolute Gasteiger partial charge is 0.338 e. The van der Waals surface area contributed by atoms with Gasteiger partial charge in [0, 0.05) is 85.6 Å². The van der Waals surface area contributed by atoms with Crippen molar-refractivity contribution in [2.24, 2.45) is 19.8 Å². The molecule has 4 heterocycles. The summed E-state index contributed by atoms with van der Waals surface area (Å²) in [6.07, 6.45) is 9.00. The molecule has 0 amide bonds. The molecule has 3 N–H and O–H groups in total. The summed E-state index contributed by atoms with van der Waals surface area (Å²) in [4.78, 5) is 74.8. The summed E-state index contributed by atoms with van der Waals surface area (Å²) in [7, 11) is 3.39. The molecule has 12 nitrogen and oxygen atoms in total. The van der Waals surface area contributed by atoms with Gasteiger partial charge in [-0.15, -0.1) is 0 Å². The fraction of sp³-hybridized carbons (Fsp3) is 0.309. The first-order chi connectivity index (χ1) is 31.8. The van der Waals surface area contributed by atoms with E-state index >= 15 is 0 Å². The number of pyridine rings is 2. The van der Waals surface area contributed by atoms with Crippen molar-refractivity contribution >= 4 is 45.1 Å². The highest BCUT2D eigenvalue weighted by atomic mass is 16.4. The second-order valence-corrected chi connectivity index (χ2v) is 17.8. The van der Waals surface area contributed by atoms with E-state index in [-0.39, 0.29) is 52.5 Å². The maximum Gasteiger partial charge on any atom is 0.338 e. The van der Waals surface area contributed by atoms with E-state index in [4.69, 9.17) is 5.73 Å². The number of benzene rings is 2. The first-order valence-corrected chi connectivity index (χ1v) is 22.6. The number of ketones is 3. The van der Waals surface area contributed by atoms with Gasteiger partial charge in [0.25, 0.3) is 11.1 Å². The third-order valence-corrected chi connectivity index (χ3v) is 13.0. The van der Waals surface area contributed by atoms with Crippen LogP contribution in [-0.2, 0) is 23.7 Å². The number of aromatic nitrogens is 4. The molecule has 0 aliphatic heterocycles. The van der Waals surface area contributed by atoms with E-state index in [0.717, 1.165) is 50.3 Å². The molecule has 4 aromatic heterocycles. The Hall–Kier alpha value is -7.18. The molecule has 12 heteroatoms. The van der Waals surface area contributed by atoms with Crippen LogP contribution in [0.4, 0.5) is 0 Å². The molecule has 0 spiro atoms. The van der Waals surface area contributed by atoms with Crippen molar-refractivity contribution in [3.8, 4) is 0 Å². The number of aromatic carboxylic acids is 1. The Balaban J connectivity index is 0.000000188. The van der Waals surface area contributed by atoms with Crippen LogP contribution in [0.15, 0.2) is 140 Å². The van der Waals surface area contributed by atoms with Crippen molar-refractivity contribution in [3.63, 3.8) is 0 Å². The minimum atomic E-state index is -1.01. The lowest BCUT2D eigenvalue weighted by Crippen LogP contribution is -2.20. The molecule has 348 valence electrons. The van der Waals surface area contributed by atoms with Gasteiger partial charge in [-0.3, -0.25) is 24.0 Å². The number of nitrogens with two attached hydrogens (primary N) is 1. The van der Waals surface area contributed by atoms with Crippen LogP contribution in [0.3, 0.4) is 0 Å². The van der Waals surface area contributed by atoms with Crippen LogP contribution in [0.2, 0.25) is 0 Å². The zero-order chi connectivity index (χ0) is 49.0. The third-order valence-electron chi connectivity index (χ3n) is 13.0. The summed E-state index contributed by atoms with van der Waals surface area (Å²) in [5.74, 6) is -0.764. The number of allylic oxidation sites excluding steroid dienone is 7. The summed E-state index contributed by atoms with van der Waals surface area (Å²) in [5.41, 5.74) is 16.0. The van der Waals surface area contributed by atoms with Gasteiger partial charge in [0.05, 0.1) is 17.6 Å². The van der Waals surface area contributed by atoms with Crippen LogP contribution in [0.25, 0.3) is 21.8 Å². The number of fused-ring (bicyclic) bond motifs is 2. The topological polar surface area (TPSA) is 168 Å². The van der Waals surface area contributed by atoms with Gasteiger partial charge in [-0.1, -0.05) is 84.0 Å². The zero-order valence-electron chi connectivity index (χ0n) is 40.2. The van der Waals surface area contributed by atoms with Crippen molar-refractivity contribution in [2.75, 3.05) is 6.54 Å². The Morgan fingerprint density at radius 2 is 1.01 bits per heavy atom. The predicted octanol–water partition coefficient (Wildman–Crippen LogP) is 9.59. The van der Waals surface area contributed by atoms with Crippen molar-refractivity contribution < 1.29 is 24.3 Å². The fourth-order valence-electron chi connectivity index (χ4n) is 9.57. The first kappa shape index (κ1) is 49.3. The monoisotopic (exact) mass is 903 g/mol. The van der Waals surface area contributed by atoms with Crippen LogP contribution >= 0.6 is 0 Å². The van der Waals surface area contributed by atoms with Crippen molar-refractivity contribution in [2.45, 2.75) is 93.2 Å². The normalized spacial score (nSPS) is 14.9. The van der Waals surface area contributed by atoms with Gasteiger partial charge in [-0.05, 0) is 102 Å². The summed E-state index contributed by atoms with van der Waals surface area (Å²) in [6, 6.07) is 23.0. The predicted molar refractivity (Wildman–Crippen MR) is 266 cm³/mol. The Kier molecular flexibility index (Phi) is 15.1. The van der Waals surface area contributed by atoms with Crippen molar-refractivity contribution in [1.29, 1.82) is 0 Å². The maximum atomic E-state index is 13.5. The number of carboxylic acid groups (broad SMARTS) is 1. The van der Waals surface area contributed by atoms with Gasteiger partial charge in [0.1, 0.15) is 11.0 Å². The molecule has 6 aromatic rings. The quantitative estimate of drug-likeness (QED) is 0.128. The van der Waals surface area contributed by atoms with Gasteiger partial charge >= 0.3 is 5.97 Å². The number of nitrogens with zero attached hydrogens (tertiary/aromatic N) is 4. The van der Waals surface area contributed by atoms with Gasteiger partial charge < -0.3 is 29.1 Å². The van der Waals surface area contributed by atoms with Crippen LogP contribution in [0.1, 0.15) is 123 Å². The molecule has 2 aromatic carbocycles. The van der Waals surface area contributed by atoms with Gasteiger partial charge in [0.15, 0.2) is 17.3 Å². The highest BCUT2D eigenvalue weighted by Gasteiger charge is 2.28. The summed E-state index contributed by atoms with van der Waals surface area (Å²) < 4.78 is 6.84. The fourth-order valence-corrected chi connectivity index (χ4v) is 9.57. The molecule has 2 atom stereocenters. The molecule has 2 unspecified atom stereocenters. The largest absolute Gasteiger partial charge is 0.478 e. The van der Waals surface area contributed by atoms with Crippen LogP contribution in [0, 0.1) is 13.8 Å². The highest BCUT2D eigenvalue weighted by molar-refractivity contribution is 6.10. The number of rotatable bonds is 10. The first-order valence-electron chi connectivity index (χ1n) is 22.6. The summed E-state index contributed by atoms with van der Waals surface area (Å²) >= 11 is 0. The van der Waals surface area contributed by atoms with Gasteiger partial charge in [-0.25, -0.2) is 4.79 Å². The number of hydrogen-bond donors (Lipinski definition) is 2. The van der Waals surface area contributed by atoms with Crippen LogP contribution in [0.5, 0.6) is 0 Å². The Morgan fingerprint density at radius 1 is 0.612 bits per heavy atom. The van der Waals surface area contributed by atoms with E-state index in [9.17, 15) is 33.9 Å². The van der Waals surface area contributed by atoms with Gasteiger partial charge in [0.2, 0.25) is 0 Å². The molecule has 2 aliphatic carbocycles. The zero-order valence-corrected chi connectivity index (χ0v) is 40.2. The van der Waals surface area contributed by atoms with E-state index in [1.165, 1.54) is 4.57 Å². The molecule has 0 radical (unpaired) electrons. The Labute approximate surface area is 391 Å². The molecular formula is C55H61N5O7. The highest BCUT2D eigenvalue weighted by Crippen LogP contribution is 2.33. The summed E-state index contributed by atoms with van der Waals surface area (Å²) in [5, 5.41) is 10.7. The molecule has 8 rings (SSSR count). The Morgan fingerprint density at radius 3 is 1.42 bits per heavy atom. The van der Waals surface area contributed by atoms with Crippen LogP contribution in [-0.4, -0.2) is 53.2 Å². The molecule has 0 fully saturated rings. The lowest BCUT2D eigenvalue weighted by atomic mass is 9.88. The lowest BCUT2D eigenvalue weighted by molar-refractivity contribution is -0.116. The second-order valence-electron chi connectivity index (χ2n) is 17.8. The number of carboxylic acids is 1. The van der Waals surface area contributed by atoms with Gasteiger partial charge in [-0.2, -0.15) is 0 Å². The van der Waals surface area contributed by atoms with Crippen molar-refractivity contribution in [3.05, 3.63) is 185 Å². The number of hydrogen-bond acceptors (Lipinski definition) is 7. The minimum absolute atomic E-state index is 0.0378. The minimum Gasteiger partial charge on any atom is -0.478 e. The van der Waals surface area contributed by atoms with E-state index in [1.807, 2.05) is 136 Å². The second kappa shape index (κ2) is 20.6. The molecule has 2 aliphatic rings. The van der Waals surface area contributed by atoms with Crippen LogP contribution < -0.4 is 16.9 Å². The number of aryl methyl sites for hydroxylation is 2. The molecular weight excluding hydrogens is 843 g/mol. The third kappa shape index (κ3) is 10.00. The average Bonchev–Trinajstić information content (AvgIpc) is 3.76. The molecule has 67 heavy (non-hydrogen) atoms. The average molecular weight is 904 g/mol. The van der Waals surface area contributed by atoms with E-state index in [0.29, 0.717) is 58.9 Å².